The Morgan fingerprint density at radius 1 is 1.15 bits per heavy atom. The molecule has 3 N–H and O–H groups in total. The topological polar surface area (TPSA) is 73.2 Å². The summed E-state index contributed by atoms with van der Waals surface area (Å²) in [6.07, 6.45) is 11.2. The molecule has 0 aromatic carbocycles. The van der Waals surface area contributed by atoms with Crippen molar-refractivity contribution in [2.75, 3.05) is 0 Å². The van der Waals surface area contributed by atoms with Gasteiger partial charge in [0.2, 0.25) is 0 Å². The van der Waals surface area contributed by atoms with Gasteiger partial charge in [-0.05, 0) is 118 Å². The van der Waals surface area contributed by atoms with Gasteiger partial charge in [-0.1, -0.05) is 32.4 Å². The molecule has 4 aliphatic carbocycles. The second-order valence-electron chi connectivity index (χ2n) is 13.3. The minimum Gasteiger partial charge on any atom is -0.393 e. The molecule has 0 radical (unpaired) electrons. The number of fused-ring (bicyclic) bond motifs is 4. The molecule has 5 aliphatic rings. The Labute approximate surface area is 200 Å². The van der Waals surface area contributed by atoms with E-state index in [4.69, 9.17) is 4.74 Å². The van der Waals surface area contributed by atoms with E-state index in [0.717, 1.165) is 25.7 Å². The number of allylic oxidation sites excluding steroid dienone is 4. The largest absolute Gasteiger partial charge is 0.393 e. The van der Waals surface area contributed by atoms with E-state index >= 15 is 0 Å². The van der Waals surface area contributed by atoms with Crippen LogP contribution < -0.4 is 0 Å². The van der Waals surface area contributed by atoms with Crippen LogP contribution in [-0.2, 0) is 4.74 Å². The number of aliphatic hydroxyl groups is 3. The van der Waals surface area contributed by atoms with Crippen LogP contribution in [0.15, 0.2) is 22.8 Å². The predicted octanol–water partition coefficient (Wildman–Crippen LogP) is 5.31. The lowest BCUT2D eigenvalue weighted by Gasteiger charge is -2.54. The van der Waals surface area contributed by atoms with Crippen molar-refractivity contribution in [1.29, 1.82) is 0 Å². The molecule has 1 saturated heterocycles. The molecule has 0 aromatic heterocycles. The first-order valence-corrected chi connectivity index (χ1v) is 13.5. The van der Waals surface area contributed by atoms with E-state index in [0.29, 0.717) is 24.2 Å². The number of aliphatic hydroxyl groups excluding tert-OH is 2. The summed E-state index contributed by atoms with van der Waals surface area (Å²) in [7, 11) is 0. The zero-order valence-corrected chi connectivity index (χ0v) is 21.7. The van der Waals surface area contributed by atoms with Crippen LogP contribution in [0.4, 0.5) is 0 Å². The average Bonchev–Trinajstić information content (AvgIpc) is 3.30. The van der Waals surface area contributed by atoms with Crippen molar-refractivity contribution < 1.29 is 20.1 Å². The predicted molar refractivity (Wildman–Crippen MR) is 131 cm³/mol. The van der Waals surface area contributed by atoms with Crippen LogP contribution in [-0.4, -0.2) is 44.8 Å². The molecule has 186 valence electrons. The lowest BCUT2D eigenvalue weighted by Crippen LogP contribution is -2.51. The van der Waals surface area contributed by atoms with Gasteiger partial charge in [0, 0.05) is 0 Å². The van der Waals surface area contributed by atoms with Crippen LogP contribution in [0, 0.1) is 28.6 Å². The van der Waals surface area contributed by atoms with Gasteiger partial charge in [-0.15, -0.1) is 0 Å². The fourth-order valence-electron chi connectivity index (χ4n) is 9.08. The van der Waals surface area contributed by atoms with Crippen molar-refractivity contribution in [3.8, 4) is 0 Å². The molecule has 0 spiro atoms. The van der Waals surface area contributed by atoms with Crippen LogP contribution >= 0.6 is 0 Å². The van der Waals surface area contributed by atoms with E-state index in [-0.39, 0.29) is 23.0 Å². The summed E-state index contributed by atoms with van der Waals surface area (Å²) < 4.78 is 5.83. The van der Waals surface area contributed by atoms with Gasteiger partial charge in [-0.3, -0.25) is 0 Å². The van der Waals surface area contributed by atoms with Crippen LogP contribution in [0.25, 0.3) is 0 Å². The highest BCUT2D eigenvalue weighted by molar-refractivity contribution is 5.49. The first kappa shape index (κ1) is 24.0. The maximum atomic E-state index is 11.2. The maximum absolute atomic E-state index is 11.2. The van der Waals surface area contributed by atoms with Crippen LogP contribution in [0.2, 0.25) is 0 Å². The van der Waals surface area contributed by atoms with E-state index < -0.39 is 17.3 Å². The Balaban J connectivity index is 1.36. The molecular formula is C29H46O4. The van der Waals surface area contributed by atoms with Crippen LogP contribution in [0.1, 0.15) is 99.3 Å². The molecular weight excluding hydrogens is 412 g/mol. The summed E-state index contributed by atoms with van der Waals surface area (Å²) in [5.74, 6) is 1.51. The first-order chi connectivity index (χ1) is 15.3. The van der Waals surface area contributed by atoms with Gasteiger partial charge in [-0.25, -0.2) is 0 Å². The summed E-state index contributed by atoms with van der Waals surface area (Å²) in [5.41, 5.74) is 3.53. The molecule has 1 heterocycles. The number of hydrogen-bond donors (Lipinski definition) is 3. The van der Waals surface area contributed by atoms with Crippen molar-refractivity contribution in [2.45, 2.75) is 129 Å². The van der Waals surface area contributed by atoms with Gasteiger partial charge in [0.15, 0.2) is 0 Å². The van der Waals surface area contributed by atoms with Crippen molar-refractivity contribution in [2.24, 2.45) is 28.6 Å². The van der Waals surface area contributed by atoms with E-state index in [2.05, 4.69) is 26.8 Å². The lowest BCUT2D eigenvalue weighted by atomic mass is 9.51. The van der Waals surface area contributed by atoms with E-state index in [1.54, 1.807) is 30.6 Å². The minimum atomic E-state index is -1.05. The lowest BCUT2D eigenvalue weighted by molar-refractivity contribution is -0.0774. The Hall–Kier alpha value is -0.680. The van der Waals surface area contributed by atoms with E-state index in [1.165, 1.54) is 25.7 Å². The maximum Gasteiger partial charge on any atom is 0.148 e. The Morgan fingerprint density at radius 2 is 1.85 bits per heavy atom. The zero-order valence-electron chi connectivity index (χ0n) is 21.7. The first-order valence-electron chi connectivity index (χ1n) is 13.5. The summed E-state index contributed by atoms with van der Waals surface area (Å²) >= 11 is 0. The Morgan fingerprint density at radius 3 is 2.48 bits per heavy atom. The molecule has 0 amide bonds. The van der Waals surface area contributed by atoms with Crippen molar-refractivity contribution in [3.05, 3.63) is 22.8 Å². The molecule has 0 aromatic rings. The normalized spacial score (nSPS) is 46.8. The van der Waals surface area contributed by atoms with E-state index in [9.17, 15) is 15.3 Å². The fourth-order valence-corrected chi connectivity index (χ4v) is 9.08. The third-order valence-electron chi connectivity index (χ3n) is 11.1. The molecule has 4 heteroatoms. The van der Waals surface area contributed by atoms with Gasteiger partial charge in [0.05, 0.1) is 23.9 Å². The van der Waals surface area contributed by atoms with Gasteiger partial charge in [0.25, 0.3) is 0 Å². The van der Waals surface area contributed by atoms with Gasteiger partial charge in [0.1, 0.15) is 5.60 Å². The summed E-state index contributed by atoms with van der Waals surface area (Å²) in [5, 5.41) is 32.2. The molecule has 1 saturated carbocycles. The van der Waals surface area contributed by atoms with Gasteiger partial charge >= 0.3 is 0 Å². The third kappa shape index (κ3) is 3.37. The quantitative estimate of drug-likeness (QED) is 0.489. The highest BCUT2D eigenvalue weighted by Crippen LogP contribution is 2.64. The van der Waals surface area contributed by atoms with E-state index in [1.807, 2.05) is 6.92 Å². The van der Waals surface area contributed by atoms with Gasteiger partial charge < -0.3 is 20.1 Å². The van der Waals surface area contributed by atoms with Crippen LogP contribution in [0.3, 0.4) is 0 Å². The number of epoxide rings is 1. The Kier molecular flexibility index (Phi) is 5.58. The highest BCUT2D eigenvalue weighted by atomic mass is 16.6. The third-order valence-corrected chi connectivity index (χ3v) is 11.1. The summed E-state index contributed by atoms with van der Waals surface area (Å²) in [4.78, 5) is 0. The van der Waals surface area contributed by atoms with Crippen molar-refractivity contribution in [1.82, 2.24) is 0 Å². The number of hydrogen-bond acceptors (Lipinski definition) is 4. The molecule has 5 rings (SSSR count). The van der Waals surface area contributed by atoms with Gasteiger partial charge in [-0.2, -0.15) is 0 Å². The van der Waals surface area contributed by atoms with Crippen molar-refractivity contribution in [3.63, 3.8) is 0 Å². The molecule has 1 aliphatic heterocycles. The highest BCUT2D eigenvalue weighted by Gasteiger charge is 2.67. The molecule has 4 nitrogen and oxygen atoms in total. The van der Waals surface area contributed by atoms with Crippen LogP contribution in [0.5, 0.6) is 0 Å². The Bertz CT molecular complexity index is 867. The molecule has 9 atom stereocenters. The molecule has 33 heavy (non-hydrogen) atoms. The standard InChI is InChI=1S/C29H46O4/c1-17(15-25(31)29(18(2)33-29)26(3,4)32)22-9-10-23-21-8-7-19-16-20(30)11-13-27(19,5)24(21)12-14-28(22,23)6/h10,17-20,22,25,30-32H,7-9,11-16H2,1-6H3. The zero-order chi connectivity index (χ0) is 24.0. The summed E-state index contributed by atoms with van der Waals surface area (Å²) in [6.45, 7) is 12.7. The smallest absolute Gasteiger partial charge is 0.148 e. The molecule has 2 fully saturated rings. The SMILES string of the molecule is CC(CC(O)C1(C(C)(C)O)OC1C)C1CC=C2C3=C(CCC21C)C1(C)CCC(O)CC1CC3. The fraction of sp³-hybridized carbons (Fsp3) is 0.862. The van der Waals surface area contributed by atoms with Crippen molar-refractivity contribution >= 4 is 0 Å². The second-order valence-corrected chi connectivity index (χ2v) is 13.3. The second kappa shape index (κ2) is 7.66. The number of rotatable bonds is 5. The molecule has 0 bridgehead atoms. The average molecular weight is 459 g/mol. The molecule has 9 unspecified atom stereocenters. The number of ether oxygens (including phenoxy) is 1. The summed E-state index contributed by atoms with van der Waals surface area (Å²) in [6, 6.07) is 0. The monoisotopic (exact) mass is 458 g/mol. The minimum absolute atomic E-state index is 0.105.